The van der Waals surface area contributed by atoms with Crippen molar-refractivity contribution in [3.8, 4) is 0 Å². The fourth-order valence-electron chi connectivity index (χ4n) is 5.35. The van der Waals surface area contributed by atoms with Crippen LogP contribution < -0.4 is 17.0 Å². The van der Waals surface area contributed by atoms with Crippen LogP contribution in [-0.2, 0) is 35.4 Å². The summed E-state index contributed by atoms with van der Waals surface area (Å²) < 4.78 is 21.0. The van der Waals surface area contributed by atoms with Crippen molar-refractivity contribution in [2.75, 3.05) is 24.7 Å². The van der Waals surface area contributed by atoms with Crippen LogP contribution in [0.4, 0.5) is 11.8 Å². The van der Waals surface area contributed by atoms with E-state index in [0.29, 0.717) is 11.2 Å². The summed E-state index contributed by atoms with van der Waals surface area (Å²) in [6.07, 6.45) is -0.260. The molecule has 3 fully saturated rings. The number of anilines is 2. The second kappa shape index (κ2) is 10.4. The Morgan fingerprint density at radius 3 is 2.70 bits per heavy atom. The van der Waals surface area contributed by atoms with Crippen LogP contribution in [-0.4, -0.2) is 103 Å². The minimum Gasteiger partial charge on any atom is -0.395 e. The van der Waals surface area contributed by atoms with Gasteiger partial charge in [0, 0.05) is 0 Å². The number of nitrogen functional groups attached to an aromatic ring is 2. The van der Waals surface area contributed by atoms with Gasteiger partial charge in [-0.3, -0.25) is 23.4 Å². The molecule has 4 aromatic heterocycles. The molecule has 0 spiro atoms. The normalized spacial score (nSPS) is 33.5. The first-order valence-corrected chi connectivity index (χ1v) is 16.3. The molecule has 0 aromatic carbocycles. The zero-order chi connectivity index (χ0) is 30.3. The SMILES string of the molecule is CC1(COP(O)(=S)O[C@@H]2[C@H](O)[C@@H](CO)S[C@H]2n2cnc3c(=O)[nH]c(N)nc32)O[C@@H](n2cnc3c(N)ncnc32)[C@@H]2OO[C@@H]21. The molecule has 3 aliphatic rings. The predicted octanol–water partition coefficient (Wildman–Crippen LogP) is -1.30. The van der Waals surface area contributed by atoms with Gasteiger partial charge in [-0.1, -0.05) is 0 Å². The van der Waals surface area contributed by atoms with Gasteiger partial charge in [-0.05, 0) is 18.7 Å². The maximum absolute atomic E-state index is 12.3. The number of aliphatic hydroxyl groups is 2. The van der Waals surface area contributed by atoms with Gasteiger partial charge in [0.25, 0.3) is 5.56 Å². The van der Waals surface area contributed by atoms with Gasteiger partial charge in [-0.25, -0.2) is 29.7 Å². The van der Waals surface area contributed by atoms with Gasteiger partial charge in [0.15, 0.2) is 41.1 Å². The number of ether oxygens (including phenoxy) is 1. The molecule has 0 saturated carbocycles. The molecule has 3 saturated heterocycles. The molecular formula is C21H25N10O9PS2. The summed E-state index contributed by atoms with van der Waals surface area (Å²) in [7, 11) is 0. The number of nitrogens with zero attached hydrogens (tertiary/aromatic N) is 7. The Hall–Kier alpha value is -2.82. The maximum atomic E-state index is 12.3. The summed E-state index contributed by atoms with van der Waals surface area (Å²) in [5.74, 6) is 0.0647. The molecule has 43 heavy (non-hydrogen) atoms. The van der Waals surface area contributed by atoms with Crippen LogP contribution in [0, 0.1) is 0 Å². The standard InChI is InChI=1S/C21H25N10O9PS2/c1-21(13-12(38-39-13)18(37-21)30-5-26-8-14(22)24-4-25-15(8)30)3-36-41(35,42)40-11-10(33)7(2-32)43-19(11)31-6-27-9-16(31)28-20(23)29-17(9)34/h4-7,10-13,18-19,32-33H,2-3H2,1H3,(H,35,42)(H2,22,24,25)(H3,23,28,29,34)/t7-,10-,11-,12-,13+,18-,19-,21?,41?/m1/s1. The fraction of sp³-hybridized carbons (Fsp3) is 0.524. The highest BCUT2D eigenvalue weighted by atomic mass is 32.5. The fourth-order valence-corrected chi connectivity index (χ4v) is 8.33. The average molecular weight is 657 g/mol. The number of aromatic amines is 1. The van der Waals surface area contributed by atoms with E-state index >= 15 is 0 Å². The second-order valence-electron chi connectivity index (χ2n) is 10.3. The largest absolute Gasteiger partial charge is 0.395 e. The first-order valence-electron chi connectivity index (χ1n) is 12.7. The molecule has 19 nitrogen and oxygen atoms in total. The molecule has 8 N–H and O–H groups in total. The second-order valence-corrected chi connectivity index (χ2v) is 14.5. The monoisotopic (exact) mass is 656 g/mol. The van der Waals surface area contributed by atoms with Gasteiger partial charge in [0.05, 0.1) is 37.2 Å². The average Bonchev–Trinajstić information content (AvgIpc) is 3.66. The van der Waals surface area contributed by atoms with Crippen LogP contribution in [0.15, 0.2) is 23.8 Å². The molecule has 2 unspecified atom stereocenters. The van der Waals surface area contributed by atoms with Crippen molar-refractivity contribution in [2.45, 2.75) is 53.8 Å². The number of nitrogens with one attached hydrogen (secondary N) is 1. The Kier molecular flexibility index (Phi) is 6.98. The summed E-state index contributed by atoms with van der Waals surface area (Å²) in [6.45, 7) is -3.07. The van der Waals surface area contributed by atoms with Crippen LogP contribution in [0.5, 0.6) is 0 Å². The van der Waals surface area contributed by atoms with Crippen LogP contribution in [0.25, 0.3) is 22.3 Å². The van der Waals surface area contributed by atoms with E-state index in [4.69, 9.17) is 46.8 Å². The number of aliphatic hydroxyl groups excluding tert-OH is 2. The molecule has 0 radical (unpaired) electrons. The minimum absolute atomic E-state index is 0.00752. The Balaban J connectivity index is 1.11. The van der Waals surface area contributed by atoms with Gasteiger partial charge in [0.2, 0.25) is 5.95 Å². The highest BCUT2D eigenvalue weighted by Crippen LogP contribution is 2.55. The molecule has 4 aromatic rings. The van der Waals surface area contributed by atoms with Crippen LogP contribution in [0.1, 0.15) is 18.5 Å². The summed E-state index contributed by atoms with van der Waals surface area (Å²) in [5.41, 5.74) is 10.9. The van der Waals surface area contributed by atoms with Gasteiger partial charge in [-0.15, -0.1) is 11.8 Å². The number of aromatic nitrogens is 8. The molecule has 22 heteroatoms. The van der Waals surface area contributed by atoms with Crippen LogP contribution >= 0.6 is 18.5 Å². The van der Waals surface area contributed by atoms with E-state index in [1.165, 1.54) is 23.5 Å². The van der Waals surface area contributed by atoms with Crippen molar-refractivity contribution in [1.29, 1.82) is 0 Å². The Labute approximate surface area is 249 Å². The topological polar surface area (TPSA) is 266 Å². The van der Waals surface area contributed by atoms with Crippen molar-refractivity contribution in [3.05, 3.63) is 29.3 Å². The van der Waals surface area contributed by atoms with Gasteiger partial charge < -0.3 is 35.8 Å². The smallest absolute Gasteiger partial charge is 0.325 e. The summed E-state index contributed by atoms with van der Waals surface area (Å²) in [6, 6.07) is 0. The van der Waals surface area contributed by atoms with E-state index in [1.807, 2.05) is 0 Å². The van der Waals surface area contributed by atoms with Crippen molar-refractivity contribution in [1.82, 2.24) is 39.0 Å². The zero-order valence-corrected chi connectivity index (χ0v) is 24.6. The van der Waals surface area contributed by atoms with Crippen LogP contribution in [0.3, 0.4) is 0 Å². The third-order valence-electron chi connectivity index (χ3n) is 7.49. The van der Waals surface area contributed by atoms with Gasteiger partial charge in [-0.2, -0.15) is 4.98 Å². The number of H-pyrrole nitrogens is 1. The number of rotatable bonds is 8. The number of thioether (sulfide) groups is 1. The molecule has 0 amide bonds. The molecule has 9 atom stereocenters. The lowest BCUT2D eigenvalue weighted by molar-refractivity contribution is -0.468. The van der Waals surface area contributed by atoms with Crippen molar-refractivity contribution in [2.24, 2.45) is 0 Å². The van der Waals surface area contributed by atoms with Gasteiger partial charge in [0.1, 0.15) is 28.9 Å². The highest BCUT2D eigenvalue weighted by molar-refractivity contribution is 8.07. The molecule has 230 valence electrons. The lowest BCUT2D eigenvalue weighted by Gasteiger charge is -2.37. The van der Waals surface area contributed by atoms with Crippen molar-refractivity contribution < 1.29 is 38.7 Å². The first kappa shape index (κ1) is 28.9. The first-order chi connectivity index (χ1) is 20.5. The maximum Gasteiger partial charge on any atom is 0.325 e. The van der Waals surface area contributed by atoms with E-state index in [-0.39, 0.29) is 29.5 Å². The molecule has 7 heterocycles. The number of hydrogen-bond acceptors (Lipinski definition) is 17. The quantitative estimate of drug-likeness (QED) is 0.0950. The zero-order valence-electron chi connectivity index (χ0n) is 22.0. The van der Waals surface area contributed by atoms with Gasteiger partial charge >= 0.3 is 6.72 Å². The molecule has 0 aliphatic carbocycles. The van der Waals surface area contributed by atoms with E-state index < -0.39 is 65.8 Å². The summed E-state index contributed by atoms with van der Waals surface area (Å²) in [4.78, 5) is 57.2. The third kappa shape index (κ3) is 4.71. The Bertz CT molecular complexity index is 1820. The number of nitrogens with two attached hydrogens (primary N) is 2. The van der Waals surface area contributed by atoms with Crippen LogP contribution in [0.2, 0.25) is 0 Å². The third-order valence-corrected chi connectivity index (χ3v) is 10.6. The Morgan fingerprint density at radius 1 is 1.19 bits per heavy atom. The lowest BCUT2D eigenvalue weighted by Crippen LogP contribution is -2.53. The van der Waals surface area contributed by atoms with Crippen molar-refractivity contribution in [3.63, 3.8) is 0 Å². The minimum atomic E-state index is -4.08. The van der Waals surface area contributed by atoms with E-state index in [1.54, 1.807) is 11.5 Å². The van der Waals surface area contributed by atoms with Crippen molar-refractivity contribution >= 4 is 64.4 Å². The van der Waals surface area contributed by atoms with E-state index in [0.717, 1.165) is 11.8 Å². The van der Waals surface area contributed by atoms with E-state index in [2.05, 4.69) is 29.9 Å². The highest BCUT2D eigenvalue weighted by Gasteiger charge is 2.62. The summed E-state index contributed by atoms with van der Waals surface area (Å²) in [5, 5.41) is 19.3. The summed E-state index contributed by atoms with van der Waals surface area (Å²) >= 11 is 6.46. The molecule has 3 aliphatic heterocycles. The van der Waals surface area contributed by atoms with E-state index in [9.17, 15) is 19.9 Å². The lowest BCUT2D eigenvalue weighted by atomic mass is 9.97. The Morgan fingerprint density at radius 2 is 1.95 bits per heavy atom. The number of imidazole rings is 2. The molecular weight excluding hydrogens is 631 g/mol. The molecule has 0 bridgehead atoms. The predicted molar refractivity (Wildman–Crippen MR) is 151 cm³/mol. The number of hydrogen-bond donors (Lipinski definition) is 6. The number of fused-ring (bicyclic) bond motifs is 3. The molecule has 7 rings (SSSR count).